The lowest BCUT2D eigenvalue weighted by Gasteiger charge is -2.24. The van der Waals surface area contributed by atoms with E-state index in [1.54, 1.807) is 6.92 Å². The topological polar surface area (TPSA) is 105 Å². The number of hydrogen-bond acceptors (Lipinski definition) is 4. The van der Waals surface area contributed by atoms with E-state index < -0.39 is 23.5 Å². The summed E-state index contributed by atoms with van der Waals surface area (Å²) in [4.78, 5) is 32.8. The highest BCUT2D eigenvalue weighted by molar-refractivity contribution is 5.87. The van der Waals surface area contributed by atoms with Gasteiger partial charge in [0, 0.05) is 0 Å². The number of methoxy groups -OCH3 is 1. The summed E-state index contributed by atoms with van der Waals surface area (Å²) in [5.74, 6) is -1.74. The Labute approximate surface area is 93.2 Å². The number of aliphatic carboxylic acids is 1. The van der Waals surface area contributed by atoms with Crippen molar-refractivity contribution in [2.75, 3.05) is 13.7 Å². The number of amides is 2. The molecule has 0 saturated carbocycles. The molecule has 0 radical (unpaired) electrons. The van der Waals surface area contributed by atoms with E-state index in [0.717, 1.165) is 0 Å². The second kappa shape index (κ2) is 5.94. The summed E-state index contributed by atoms with van der Waals surface area (Å²) < 4.78 is 4.31. The zero-order chi connectivity index (χ0) is 12.8. The Morgan fingerprint density at radius 2 is 1.94 bits per heavy atom. The molecule has 1 unspecified atom stereocenters. The van der Waals surface area contributed by atoms with Crippen LogP contribution in [0.25, 0.3) is 0 Å². The van der Waals surface area contributed by atoms with Crippen LogP contribution in [0.3, 0.4) is 0 Å². The smallest absolute Gasteiger partial charge is 0.329 e. The largest absolute Gasteiger partial charge is 0.480 e. The molecule has 0 aliphatic heterocycles. The summed E-state index contributed by atoms with van der Waals surface area (Å²) in [6.07, 6.45) is 0.230. The van der Waals surface area contributed by atoms with Crippen molar-refractivity contribution < 1.29 is 24.2 Å². The third-order valence-corrected chi connectivity index (χ3v) is 2.19. The fraction of sp³-hybridized carbons (Fsp3) is 0.667. The fourth-order valence-corrected chi connectivity index (χ4v) is 0.812. The number of ether oxygens (including phenoxy) is 1. The summed E-state index contributed by atoms with van der Waals surface area (Å²) in [6.45, 7) is 2.71. The summed E-state index contributed by atoms with van der Waals surface area (Å²) in [6, 6.07) is -0.725. The van der Waals surface area contributed by atoms with Gasteiger partial charge in [0.25, 0.3) is 0 Å². The number of carboxylic acids is 1. The molecule has 0 aliphatic rings. The summed E-state index contributed by atoms with van der Waals surface area (Å²) in [5.41, 5.74) is -1.35. The number of hydrogen-bond donors (Lipinski definition) is 3. The Balaban J connectivity index is 4.22. The van der Waals surface area contributed by atoms with Gasteiger partial charge in [0.15, 0.2) is 0 Å². The second-order valence-electron chi connectivity index (χ2n) is 3.37. The predicted octanol–water partition coefficient (Wildman–Crippen LogP) is -0.288. The molecule has 0 aromatic carbocycles. The van der Waals surface area contributed by atoms with Crippen LogP contribution in [0, 0.1) is 0 Å². The monoisotopic (exact) mass is 232 g/mol. The van der Waals surface area contributed by atoms with Crippen molar-refractivity contribution in [2.45, 2.75) is 25.8 Å². The minimum atomic E-state index is -1.35. The molecule has 0 bridgehead atoms. The Hall–Kier alpha value is -1.79. The van der Waals surface area contributed by atoms with E-state index in [2.05, 4.69) is 15.4 Å². The van der Waals surface area contributed by atoms with Gasteiger partial charge in [-0.15, -0.1) is 0 Å². The van der Waals surface area contributed by atoms with Crippen LogP contribution < -0.4 is 10.6 Å². The van der Waals surface area contributed by atoms with Gasteiger partial charge in [-0.25, -0.2) is 9.59 Å². The molecule has 0 rings (SSSR count). The van der Waals surface area contributed by atoms with E-state index in [1.807, 2.05) is 0 Å². The first-order valence-corrected chi connectivity index (χ1v) is 4.72. The van der Waals surface area contributed by atoms with Crippen LogP contribution in [0.15, 0.2) is 0 Å². The van der Waals surface area contributed by atoms with Crippen molar-refractivity contribution in [2.24, 2.45) is 0 Å². The second-order valence-corrected chi connectivity index (χ2v) is 3.37. The molecule has 7 nitrogen and oxygen atoms in total. The number of rotatable bonds is 5. The standard InChI is InChI=1S/C9H16N2O5/c1-4-9(2,7(13)14)11-8(15)10-5-6(12)16-3/h4-5H2,1-3H3,(H,13,14)(H2,10,11,15). The number of carbonyl (C=O) groups excluding carboxylic acids is 2. The van der Waals surface area contributed by atoms with Gasteiger partial charge >= 0.3 is 18.0 Å². The number of esters is 1. The molecule has 2 amide bonds. The lowest BCUT2D eigenvalue weighted by Crippen LogP contribution is -2.55. The van der Waals surface area contributed by atoms with Gasteiger partial charge in [0.1, 0.15) is 12.1 Å². The maximum Gasteiger partial charge on any atom is 0.329 e. The zero-order valence-electron chi connectivity index (χ0n) is 9.49. The molecule has 0 aromatic rings. The van der Waals surface area contributed by atoms with E-state index in [0.29, 0.717) is 0 Å². The maximum atomic E-state index is 11.2. The van der Waals surface area contributed by atoms with Crippen LogP contribution in [0.1, 0.15) is 20.3 Å². The zero-order valence-corrected chi connectivity index (χ0v) is 9.49. The molecule has 0 spiro atoms. The van der Waals surface area contributed by atoms with E-state index in [1.165, 1.54) is 14.0 Å². The molecule has 0 heterocycles. The van der Waals surface area contributed by atoms with Crippen molar-refractivity contribution >= 4 is 18.0 Å². The highest BCUT2D eigenvalue weighted by Gasteiger charge is 2.32. The van der Waals surface area contributed by atoms with Gasteiger partial charge in [-0.2, -0.15) is 0 Å². The van der Waals surface area contributed by atoms with Gasteiger partial charge in [0.05, 0.1) is 7.11 Å². The first-order chi connectivity index (χ1) is 7.35. The fourth-order valence-electron chi connectivity index (χ4n) is 0.812. The first kappa shape index (κ1) is 14.2. The Kier molecular flexibility index (Phi) is 5.27. The molecule has 0 aliphatic carbocycles. The van der Waals surface area contributed by atoms with Gasteiger partial charge in [-0.05, 0) is 13.3 Å². The van der Waals surface area contributed by atoms with E-state index in [-0.39, 0.29) is 13.0 Å². The molecule has 1 atom stereocenters. The normalized spacial score (nSPS) is 13.4. The van der Waals surface area contributed by atoms with Gasteiger partial charge < -0.3 is 20.5 Å². The number of carbonyl (C=O) groups is 3. The van der Waals surface area contributed by atoms with E-state index in [9.17, 15) is 14.4 Å². The van der Waals surface area contributed by atoms with Gasteiger partial charge in [-0.1, -0.05) is 6.92 Å². The molecular formula is C9H16N2O5. The minimum Gasteiger partial charge on any atom is -0.480 e. The molecule has 16 heavy (non-hydrogen) atoms. The van der Waals surface area contributed by atoms with Crippen molar-refractivity contribution in [3.05, 3.63) is 0 Å². The quantitative estimate of drug-likeness (QED) is 0.565. The Morgan fingerprint density at radius 3 is 2.31 bits per heavy atom. The van der Waals surface area contributed by atoms with E-state index >= 15 is 0 Å². The lowest BCUT2D eigenvalue weighted by atomic mass is 10.00. The molecule has 7 heteroatoms. The summed E-state index contributed by atoms with van der Waals surface area (Å²) in [5, 5.41) is 13.3. The van der Waals surface area contributed by atoms with Crippen molar-refractivity contribution in [1.82, 2.24) is 10.6 Å². The van der Waals surface area contributed by atoms with Gasteiger partial charge in [-0.3, -0.25) is 4.79 Å². The van der Waals surface area contributed by atoms with Crippen LogP contribution in [0.5, 0.6) is 0 Å². The SMILES string of the molecule is CCC(C)(NC(=O)NCC(=O)OC)C(=O)O. The van der Waals surface area contributed by atoms with E-state index in [4.69, 9.17) is 5.11 Å². The highest BCUT2D eigenvalue weighted by atomic mass is 16.5. The van der Waals surface area contributed by atoms with Crippen LogP contribution >= 0.6 is 0 Å². The van der Waals surface area contributed by atoms with Crippen LogP contribution in [0.4, 0.5) is 4.79 Å². The molecule has 0 fully saturated rings. The first-order valence-electron chi connectivity index (χ1n) is 4.72. The molecule has 0 saturated heterocycles. The number of carboxylic acid groups (broad SMARTS) is 1. The Bertz CT molecular complexity index is 292. The molecule has 0 aromatic heterocycles. The van der Waals surface area contributed by atoms with Crippen molar-refractivity contribution in [1.29, 1.82) is 0 Å². The average Bonchev–Trinajstić information content (AvgIpc) is 2.25. The predicted molar refractivity (Wildman–Crippen MR) is 54.9 cm³/mol. The van der Waals surface area contributed by atoms with Crippen LogP contribution in [0.2, 0.25) is 0 Å². The Morgan fingerprint density at radius 1 is 1.38 bits per heavy atom. The maximum absolute atomic E-state index is 11.2. The molecule has 92 valence electrons. The highest BCUT2D eigenvalue weighted by Crippen LogP contribution is 2.08. The number of urea groups is 1. The van der Waals surface area contributed by atoms with Crippen LogP contribution in [-0.2, 0) is 14.3 Å². The van der Waals surface area contributed by atoms with Crippen molar-refractivity contribution in [3.63, 3.8) is 0 Å². The molecule has 3 N–H and O–H groups in total. The third kappa shape index (κ3) is 4.16. The minimum absolute atomic E-state index is 0.230. The molecular weight excluding hydrogens is 216 g/mol. The van der Waals surface area contributed by atoms with Gasteiger partial charge in [0.2, 0.25) is 0 Å². The number of nitrogens with one attached hydrogen (secondary N) is 2. The van der Waals surface area contributed by atoms with Crippen LogP contribution in [-0.4, -0.2) is 42.3 Å². The average molecular weight is 232 g/mol. The summed E-state index contributed by atoms with van der Waals surface area (Å²) >= 11 is 0. The summed E-state index contributed by atoms with van der Waals surface area (Å²) in [7, 11) is 1.19. The lowest BCUT2D eigenvalue weighted by molar-refractivity contribution is -0.143. The third-order valence-electron chi connectivity index (χ3n) is 2.19. The van der Waals surface area contributed by atoms with Crippen molar-refractivity contribution in [3.8, 4) is 0 Å².